The van der Waals surface area contributed by atoms with Crippen LogP contribution in [0.1, 0.15) is 25.0 Å². The minimum Gasteiger partial charge on any atom is -0.388 e. The van der Waals surface area contributed by atoms with Crippen molar-refractivity contribution >= 4 is 29.0 Å². The van der Waals surface area contributed by atoms with Crippen molar-refractivity contribution in [2.45, 2.75) is 19.4 Å². The fraction of sp³-hybridized carbons (Fsp3) is 0.300. The number of hydrogen-bond acceptors (Lipinski definition) is 2. The Bertz CT molecular complexity index is 330. The van der Waals surface area contributed by atoms with Gasteiger partial charge >= 0.3 is 0 Å². The standard InChI is InChI=1S/C10H10Cl2O2/c1-6(13)5-9(14)10-7(11)3-2-4-8(10)12/h2-4,9,14H,5H2,1H3. The van der Waals surface area contributed by atoms with Crippen molar-refractivity contribution in [3.63, 3.8) is 0 Å². The third kappa shape index (κ3) is 2.71. The third-order valence-corrected chi connectivity index (χ3v) is 2.47. The lowest BCUT2D eigenvalue weighted by Crippen LogP contribution is -2.04. The van der Waals surface area contributed by atoms with Crippen molar-refractivity contribution in [2.75, 3.05) is 0 Å². The Morgan fingerprint density at radius 3 is 2.36 bits per heavy atom. The van der Waals surface area contributed by atoms with Gasteiger partial charge < -0.3 is 5.11 Å². The van der Waals surface area contributed by atoms with Gasteiger partial charge in [-0.25, -0.2) is 0 Å². The van der Waals surface area contributed by atoms with E-state index in [1.807, 2.05) is 0 Å². The number of Topliss-reactive ketones (excluding diaryl/α,β-unsaturated/α-hetero) is 1. The first-order valence-corrected chi connectivity index (χ1v) is 4.89. The van der Waals surface area contributed by atoms with Gasteiger partial charge in [-0.05, 0) is 19.1 Å². The maximum Gasteiger partial charge on any atom is 0.132 e. The van der Waals surface area contributed by atoms with Crippen LogP contribution in [0.25, 0.3) is 0 Å². The van der Waals surface area contributed by atoms with E-state index in [9.17, 15) is 9.90 Å². The van der Waals surface area contributed by atoms with Crippen LogP contribution in [0.2, 0.25) is 10.0 Å². The smallest absolute Gasteiger partial charge is 0.132 e. The van der Waals surface area contributed by atoms with Crippen LogP contribution in [0.15, 0.2) is 18.2 Å². The first kappa shape index (κ1) is 11.5. The van der Waals surface area contributed by atoms with E-state index in [0.717, 1.165) is 0 Å². The topological polar surface area (TPSA) is 37.3 Å². The molecular formula is C10H10Cl2O2. The highest BCUT2D eigenvalue weighted by Gasteiger charge is 2.16. The van der Waals surface area contributed by atoms with Crippen LogP contribution < -0.4 is 0 Å². The third-order valence-electron chi connectivity index (χ3n) is 1.81. The van der Waals surface area contributed by atoms with E-state index in [4.69, 9.17) is 23.2 Å². The summed E-state index contributed by atoms with van der Waals surface area (Å²) in [7, 11) is 0. The van der Waals surface area contributed by atoms with Gasteiger partial charge in [0.1, 0.15) is 5.78 Å². The van der Waals surface area contributed by atoms with Gasteiger partial charge in [0.2, 0.25) is 0 Å². The average Bonchev–Trinajstić information content (AvgIpc) is 2.01. The molecule has 0 amide bonds. The van der Waals surface area contributed by atoms with Gasteiger partial charge in [-0.1, -0.05) is 29.3 Å². The second-order valence-electron chi connectivity index (χ2n) is 3.06. The molecule has 1 unspecified atom stereocenters. The van der Waals surface area contributed by atoms with Gasteiger partial charge in [0.15, 0.2) is 0 Å². The van der Waals surface area contributed by atoms with Crippen LogP contribution >= 0.6 is 23.2 Å². The Hall–Kier alpha value is -0.570. The molecular weight excluding hydrogens is 223 g/mol. The highest BCUT2D eigenvalue weighted by Crippen LogP contribution is 2.31. The van der Waals surface area contributed by atoms with Crippen molar-refractivity contribution in [1.82, 2.24) is 0 Å². The summed E-state index contributed by atoms with van der Waals surface area (Å²) in [6, 6.07) is 4.95. The average molecular weight is 233 g/mol. The second-order valence-corrected chi connectivity index (χ2v) is 3.87. The molecule has 0 saturated carbocycles. The molecule has 76 valence electrons. The van der Waals surface area contributed by atoms with Crippen molar-refractivity contribution in [3.05, 3.63) is 33.8 Å². The molecule has 0 aliphatic carbocycles. The van der Waals surface area contributed by atoms with Crippen LogP contribution in [-0.4, -0.2) is 10.9 Å². The van der Waals surface area contributed by atoms with Crippen molar-refractivity contribution < 1.29 is 9.90 Å². The summed E-state index contributed by atoms with van der Waals surface area (Å²) in [5, 5.41) is 10.4. The molecule has 1 N–H and O–H groups in total. The minimum atomic E-state index is -0.923. The number of rotatable bonds is 3. The van der Waals surface area contributed by atoms with Crippen LogP contribution in [0.4, 0.5) is 0 Å². The first-order chi connectivity index (χ1) is 6.52. The van der Waals surface area contributed by atoms with Gasteiger partial charge in [-0.2, -0.15) is 0 Å². The molecule has 1 aromatic carbocycles. The molecule has 0 spiro atoms. The molecule has 1 aromatic rings. The van der Waals surface area contributed by atoms with E-state index in [1.54, 1.807) is 18.2 Å². The van der Waals surface area contributed by atoms with E-state index in [1.165, 1.54) is 6.92 Å². The number of halogens is 2. The van der Waals surface area contributed by atoms with Crippen LogP contribution in [0, 0.1) is 0 Å². The molecule has 0 aliphatic heterocycles. The molecule has 0 fully saturated rings. The molecule has 0 aromatic heterocycles. The summed E-state index contributed by atoms with van der Waals surface area (Å²) in [6.45, 7) is 1.41. The van der Waals surface area contributed by atoms with Crippen LogP contribution in [-0.2, 0) is 4.79 Å². The highest BCUT2D eigenvalue weighted by molar-refractivity contribution is 6.36. The van der Waals surface area contributed by atoms with Crippen LogP contribution in [0.3, 0.4) is 0 Å². The number of ketones is 1. The first-order valence-electron chi connectivity index (χ1n) is 4.13. The van der Waals surface area contributed by atoms with Crippen molar-refractivity contribution in [1.29, 1.82) is 0 Å². The number of carbonyl (C=O) groups is 1. The molecule has 2 nitrogen and oxygen atoms in total. The fourth-order valence-electron chi connectivity index (χ4n) is 1.20. The zero-order valence-electron chi connectivity index (χ0n) is 7.63. The number of carbonyl (C=O) groups excluding carboxylic acids is 1. The lowest BCUT2D eigenvalue weighted by Gasteiger charge is -2.12. The van der Waals surface area contributed by atoms with Crippen molar-refractivity contribution in [2.24, 2.45) is 0 Å². The quantitative estimate of drug-likeness (QED) is 0.871. The van der Waals surface area contributed by atoms with E-state index < -0.39 is 6.10 Å². The maximum atomic E-state index is 10.8. The molecule has 0 saturated heterocycles. The summed E-state index contributed by atoms with van der Waals surface area (Å²) in [5.41, 5.74) is 0.422. The van der Waals surface area contributed by atoms with Gasteiger partial charge in [-0.3, -0.25) is 4.79 Å². The molecule has 0 bridgehead atoms. The molecule has 4 heteroatoms. The molecule has 1 rings (SSSR count). The summed E-state index contributed by atoms with van der Waals surface area (Å²) < 4.78 is 0. The summed E-state index contributed by atoms with van der Waals surface area (Å²) in [4.78, 5) is 10.8. The Kier molecular flexibility index (Phi) is 3.93. The van der Waals surface area contributed by atoms with Gasteiger partial charge in [-0.15, -0.1) is 0 Å². The Balaban J connectivity index is 2.99. The fourth-order valence-corrected chi connectivity index (χ4v) is 1.85. The molecule has 1 atom stereocenters. The molecule has 14 heavy (non-hydrogen) atoms. The lowest BCUT2D eigenvalue weighted by atomic mass is 10.0. The number of aliphatic hydroxyl groups is 1. The van der Waals surface area contributed by atoms with E-state index in [-0.39, 0.29) is 12.2 Å². The Morgan fingerprint density at radius 2 is 1.93 bits per heavy atom. The molecule has 0 heterocycles. The number of benzene rings is 1. The second kappa shape index (κ2) is 4.78. The predicted molar refractivity (Wildman–Crippen MR) is 56.7 cm³/mol. The van der Waals surface area contributed by atoms with E-state index in [0.29, 0.717) is 15.6 Å². The SMILES string of the molecule is CC(=O)CC(O)c1c(Cl)cccc1Cl. The number of hydrogen-bond donors (Lipinski definition) is 1. The summed E-state index contributed by atoms with van der Waals surface area (Å²) in [5.74, 6) is -0.103. The zero-order chi connectivity index (χ0) is 10.7. The predicted octanol–water partition coefficient (Wildman–Crippen LogP) is 3.01. The van der Waals surface area contributed by atoms with Gasteiger partial charge in [0.05, 0.1) is 6.10 Å². The molecule has 0 radical (unpaired) electrons. The number of aliphatic hydroxyl groups excluding tert-OH is 1. The van der Waals surface area contributed by atoms with E-state index >= 15 is 0 Å². The molecule has 0 aliphatic rings. The van der Waals surface area contributed by atoms with Gasteiger partial charge in [0, 0.05) is 22.0 Å². The maximum absolute atomic E-state index is 10.8. The zero-order valence-corrected chi connectivity index (χ0v) is 9.14. The normalized spacial score (nSPS) is 12.6. The summed E-state index contributed by atoms with van der Waals surface area (Å²) in [6.07, 6.45) is -0.891. The highest BCUT2D eigenvalue weighted by atomic mass is 35.5. The minimum absolute atomic E-state index is 0.0312. The Morgan fingerprint density at radius 1 is 1.43 bits per heavy atom. The monoisotopic (exact) mass is 232 g/mol. The lowest BCUT2D eigenvalue weighted by molar-refractivity contribution is -0.118. The van der Waals surface area contributed by atoms with Crippen LogP contribution in [0.5, 0.6) is 0 Å². The van der Waals surface area contributed by atoms with E-state index in [2.05, 4.69) is 0 Å². The Labute approximate surface area is 92.5 Å². The van der Waals surface area contributed by atoms with Crippen molar-refractivity contribution in [3.8, 4) is 0 Å². The summed E-state index contributed by atoms with van der Waals surface area (Å²) >= 11 is 11.7. The van der Waals surface area contributed by atoms with Gasteiger partial charge in [0.25, 0.3) is 0 Å². The largest absolute Gasteiger partial charge is 0.388 e.